The van der Waals surface area contributed by atoms with Crippen LogP contribution in [0, 0.1) is 11.8 Å². The number of carbonyl (C=O) groups excluding carboxylic acids is 2. The Labute approximate surface area is 252 Å². The molecule has 2 atom stereocenters. The lowest BCUT2D eigenvalue weighted by molar-refractivity contribution is -0.144. The zero-order chi connectivity index (χ0) is 32.6. The molecule has 5 rings (SSSR count). The third kappa shape index (κ3) is 8.87. The van der Waals surface area contributed by atoms with E-state index in [0.29, 0.717) is 5.56 Å². The van der Waals surface area contributed by atoms with E-state index in [1.807, 2.05) is 0 Å². The van der Waals surface area contributed by atoms with Gasteiger partial charge < -0.3 is 10.6 Å². The normalized spacial score (nSPS) is 18.8. The minimum Gasteiger partial charge on any atom is -0.349 e. The van der Waals surface area contributed by atoms with Crippen LogP contribution < -0.4 is 10.6 Å². The molecular weight excluding hydrogens is 616 g/mol. The standard InChI is InChI=1S/C29H30F8N6O2/c30-27(31)7-3-17(4-8-27)25(42-26(45)18-6-10-38-20(11-18)13-29(35,36)37)21-15-43-22(40-21)12-19(14-39-43)24(16-1-2-16)41-23(44)5-9-28(32,33)34/h6,10-12,14-17,24-25H,1-5,7-9,13H2,(H,41,44)(H,42,45)/t24?,25-/m0/s1. The predicted octanol–water partition coefficient (Wildman–Crippen LogP) is 6.44. The number of rotatable bonds is 10. The van der Waals surface area contributed by atoms with Gasteiger partial charge in [0.2, 0.25) is 11.8 Å². The van der Waals surface area contributed by atoms with Crippen molar-refractivity contribution >= 4 is 17.5 Å². The highest BCUT2D eigenvalue weighted by atomic mass is 19.4. The monoisotopic (exact) mass is 646 g/mol. The summed E-state index contributed by atoms with van der Waals surface area (Å²) in [4.78, 5) is 33.8. The van der Waals surface area contributed by atoms with Crippen molar-refractivity contribution in [2.75, 3.05) is 0 Å². The third-order valence-electron chi connectivity index (χ3n) is 8.06. The Kier molecular flexibility index (Phi) is 9.04. The molecule has 3 heterocycles. The fourth-order valence-electron chi connectivity index (χ4n) is 5.61. The van der Waals surface area contributed by atoms with Gasteiger partial charge in [-0.15, -0.1) is 0 Å². The zero-order valence-electron chi connectivity index (χ0n) is 23.8. The summed E-state index contributed by atoms with van der Waals surface area (Å²) in [5.74, 6) is -4.80. The first-order valence-corrected chi connectivity index (χ1v) is 14.5. The first kappa shape index (κ1) is 32.5. The molecular formula is C29H30F8N6O2. The van der Waals surface area contributed by atoms with Crippen LogP contribution >= 0.6 is 0 Å². The molecule has 244 valence electrons. The molecule has 2 N–H and O–H groups in total. The lowest BCUT2D eigenvalue weighted by atomic mass is 9.81. The number of nitrogens with zero attached hydrogens (tertiary/aromatic N) is 4. The average molecular weight is 647 g/mol. The van der Waals surface area contributed by atoms with E-state index in [1.54, 1.807) is 6.07 Å². The van der Waals surface area contributed by atoms with Gasteiger partial charge in [0.25, 0.3) is 5.91 Å². The van der Waals surface area contributed by atoms with Crippen LogP contribution in [0.3, 0.4) is 0 Å². The molecule has 2 aliphatic rings. The largest absolute Gasteiger partial charge is 0.394 e. The van der Waals surface area contributed by atoms with Crippen molar-refractivity contribution < 1.29 is 44.7 Å². The Morgan fingerprint density at radius 3 is 2.29 bits per heavy atom. The molecule has 8 nitrogen and oxygen atoms in total. The second-order valence-electron chi connectivity index (χ2n) is 11.7. The Morgan fingerprint density at radius 2 is 1.64 bits per heavy atom. The fourth-order valence-corrected chi connectivity index (χ4v) is 5.61. The number of imidazole rings is 1. The van der Waals surface area contributed by atoms with Crippen molar-refractivity contribution in [1.29, 1.82) is 0 Å². The van der Waals surface area contributed by atoms with Gasteiger partial charge in [-0.25, -0.2) is 18.3 Å². The van der Waals surface area contributed by atoms with Crippen LogP contribution in [-0.4, -0.2) is 49.7 Å². The third-order valence-corrected chi connectivity index (χ3v) is 8.06. The van der Waals surface area contributed by atoms with E-state index < -0.39 is 80.2 Å². The van der Waals surface area contributed by atoms with Gasteiger partial charge in [0.15, 0.2) is 5.65 Å². The summed E-state index contributed by atoms with van der Waals surface area (Å²) < 4.78 is 106. The first-order chi connectivity index (χ1) is 21.1. The molecule has 1 unspecified atom stereocenters. The van der Waals surface area contributed by atoms with Crippen LogP contribution in [0.1, 0.15) is 90.8 Å². The van der Waals surface area contributed by atoms with Gasteiger partial charge in [0, 0.05) is 31.0 Å². The predicted molar refractivity (Wildman–Crippen MR) is 143 cm³/mol. The summed E-state index contributed by atoms with van der Waals surface area (Å²) in [6.45, 7) is 0. The number of alkyl halides is 8. The topological polar surface area (TPSA) is 101 Å². The van der Waals surface area contributed by atoms with Crippen molar-refractivity contribution in [2.45, 2.75) is 88.1 Å². The quantitative estimate of drug-likeness (QED) is 0.247. The van der Waals surface area contributed by atoms with Crippen LogP contribution in [-0.2, 0) is 11.2 Å². The minimum absolute atomic E-state index is 0.0112. The number of aromatic nitrogens is 4. The SMILES string of the molecule is O=C(CCC(F)(F)F)NC(c1cnn2cc([C@@H](NC(=O)c3ccnc(CC(F)(F)F)c3)C3CCC(F)(F)CC3)nc2c1)C1CC1. The summed E-state index contributed by atoms with van der Waals surface area (Å²) >= 11 is 0. The van der Waals surface area contributed by atoms with Crippen molar-refractivity contribution in [1.82, 2.24) is 30.2 Å². The molecule has 0 aromatic carbocycles. The maximum absolute atomic E-state index is 14.0. The minimum atomic E-state index is -4.54. The molecule has 0 aliphatic heterocycles. The molecule has 2 saturated carbocycles. The van der Waals surface area contributed by atoms with E-state index in [1.165, 1.54) is 23.0 Å². The van der Waals surface area contributed by atoms with Crippen molar-refractivity contribution in [3.05, 3.63) is 59.3 Å². The van der Waals surface area contributed by atoms with Gasteiger partial charge in [0.05, 0.1) is 48.7 Å². The number of pyridine rings is 1. The molecule has 2 fully saturated rings. The molecule has 0 radical (unpaired) electrons. The number of fused-ring (bicyclic) bond motifs is 1. The van der Waals surface area contributed by atoms with Crippen LogP contribution in [0.15, 0.2) is 36.8 Å². The number of carbonyl (C=O) groups is 2. The highest BCUT2D eigenvalue weighted by Gasteiger charge is 2.40. The molecule has 0 bridgehead atoms. The van der Waals surface area contributed by atoms with E-state index >= 15 is 0 Å². The fraction of sp³-hybridized carbons (Fsp3) is 0.552. The Hall–Kier alpha value is -3.85. The Balaban J connectivity index is 1.39. The summed E-state index contributed by atoms with van der Waals surface area (Å²) in [5.41, 5.74) is 0.645. The number of halogens is 8. The summed E-state index contributed by atoms with van der Waals surface area (Å²) in [6, 6.07) is 2.41. The van der Waals surface area contributed by atoms with Gasteiger partial charge in [-0.1, -0.05) is 0 Å². The van der Waals surface area contributed by atoms with Crippen LogP contribution in [0.5, 0.6) is 0 Å². The first-order valence-electron chi connectivity index (χ1n) is 14.5. The van der Waals surface area contributed by atoms with Crippen LogP contribution in [0.4, 0.5) is 35.1 Å². The van der Waals surface area contributed by atoms with E-state index in [4.69, 9.17) is 0 Å². The van der Waals surface area contributed by atoms with E-state index in [-0.39, 0.29) is 41.4 Å². The van der Waals surface area contributed by atoms with Crippen LogP contribution in [0.25, 0.3) is 5.65 Å². The summed E-state index contributed by atoms with van der Waals surface area (Å²) in [5, 5.41) is 9.77. The number of nitrogens with one attached hydrogen (secondary N) is 2. The second kappa shape index (κ2) is 12.5. The highest BCUT2D eigenvalue weighted by molar-refractivity contribution is 5.94. The number of amides is 2. The van der Waals surface area contributed by atoms with Crippen LogP contribution in [0.2, 0.25) is 0 Å². The van der Waals surface area contributed by atoms with Gasteiger partial charge in [-0.05, 0) is 61.3 Å². The molecule has 0 saturated heterocycles. The lowest BCUT2D eigenvalue weighted by Gasteiger charge is -2.33. The maximum Gasteiger partial charge on any atom is 0.394 e. The van der Waals surface area contributed by atoms with E-state index in [9.17, 15) is 44.7 Å². The summed E-state index contributed by atoms with van der Waals surface area (Å²) in [7, 11) is 0. The zero-order valence-corrected chi connectivity index (χ0v) is 23.8. The maximum atomic E-state index is 14.0. The second-order valence-corrected chi connectivity index (χ2v) is 11.7. The number of hydrogen-bond acceptors (Lipinski definition) is 5. The lowest BCUT2D eigenvalue weighted by Crippen LogP contribution is -2.37. The van der Waals surface area contributed by atoms with Crippen molar-refractivity contribution in [2.24, 2.45) is 11.8 Å². The highest BCUT2D eigenvalue weighted by Crippen LogP contribution is 2.43. The molecule has 3 aromatic heterocycles. The van der Waals surface area contributed by atoms with Gasteiger partial charge in [0.1, 0.15) is 0 Å². The molecule has 2 amide bonds. The van der Waals surface area contributed by atoms with Crippen molar-refractivity contribution in [3.63, 3.8) is 0 Å². The molecule has 0 spiro atoms. The summed E-state index contributed by atoms with van der Waals surface area (Å²) in [6.07, 6.45) is -7.47. The average Bonchev–Trinajstić information content (AvgIpc) is 3.70. The van der Waals surface area contributed by atoms with E-state index in [2.05, 4.69) is 25.7 Å². The molecule has 16 heteroatoms. The van der Waals surface area contributed by atoms with Gasteiger partial charge >= 0.3 is 12.4 Å². The molecule has 3 aromatic rings. The molecule has 2 aliphatic carbocycles. The van der Waals surface area contributed by atoms with Gasteiger partial charge in [-0.3, -0.25) is 14.6 Å². The smallest absolute Gasteiger partial charge is 0.349 e. The van der Waals surface area contributed by atoms with Crippen molar-refractivity contribution in [3.8, 4) is 0 Å². The number of hydrogen-bond donors (Lipinski definition) is 2. The molecule has 45 heavy (non-hydrogen) atoms. The Morgan fingerprint density at radius 1 is 0.956 bits per heavy atom. The van der Waals surface area contributed by atoms with Gasteiger partial charge in [-0.2, -0.15) is 31.4 Å². The Bertz CT molecular complexity index is 1520. The van der Waals surface area contributed by atoms with E-state index in [0.717, 1.165) is 25.1 Å².